The quantitative estimate of drug-likeness (QED) is 0.726. The number of esters is 1. The lowest BCUT2D eigenvalue weighted by atomic mass is 9.99. The topological polar surface area (TPSA) is 54.1 Å². The summed E-state index contributed by atoms with van der Waals surface area (Å²) >= 11 is 0. The second-order valence-electron chi connectivity index (χ2n) is 4.15. The summed E-state index contributed by atoms with van der Waals surface area (Å²) in [6.07, 6.45) is 0.655. The molecule has 0 spiro atoms. The zero-order valence-electron chi connectivity index (χ0n) is 9.49. The minimum absolute atomic E-state index is 0.225. The van der Waals surface area contributed by atoms with E-state index in [9.17, 15) is 4.79 Å². The smallest absolute Gasteiger partial charge is 0.323 e. The Morgan fingerprint density at radius 3 is 3.06 bits per heavy atom. The largest absolute Gasteiger partial charge is 0.468 e. The zero-order valence-corrected chi connectivity index (χ0v) is 9.49. The van der Waals surface area contributed by atoms with Crippen molar-refractivity contribution in [3.8, 4) is 0 Å². The molecular formula is C13H13N2O2. The number of nitrogens with one attached hydrogen (secondary N) is 2. The molecule has 0 saturated carbocycles. The molecule has 0 aliphatic carbocycles. The maximum atomic E-state index is 11.5. The Morgan fingerprint density at radius 1 is 1.41 bits per heavy atom. The maximum Gasteiger partial charge on any atom is 0.323 e. The first-order valence-corrected chi connectivity index (χ1v) is 5.56. The van der Waals surface area contributed by atoms with Crippen LogP contribution in [0, 0.1) is 6.54 Å². The van der Waals surface area contributed by atoms with Crippen LogP contribution in [-0.4, -0.2) is 24.1 Å². The Bertz CT molecular complexity index is 574. The van der Waals surface area contributed by atoms with Crippen LogP contribution in [0.5, 0.6) is 0 Å². The molecule has 0 fully saturated rings. The van der Waals surface area contributed by atoms with Gasteiger partial charge in [-0.3, -0.25) is 10.1 Å². The third-order valence-corrected chi connectivity index (χ3v) is 3.17. The van der Waals surface area contributed by atoms with E-state index in [1.165, 1.54) is 18.1 Å². The molecule has 4 nitrogen and oxygen atoms in total. The number of rotatable bonds is 1. The van der Waals surface area contributed by atoms with Crippen LogP contribution in [0.1, 0.15) is 11.3 Å². The fourth-order valence-electron chi connectivity index (χ4n) is 2.30. The zero-order chi connectivity index (χ0) is 11.8. The Balaban J connectivity index is 2.03. The van der Waals surface area contributed by atoms with E-state index in [1.807, 2.05) is 24.7 Å². The number of methoxy groups -OCH3 is 1. The number of H-pyrrole nitrogens is 1. The highest BCUT2D eigenvalue weighted by molar-refractivity contribution is 5.87. The van der Waals surface area contributed by atoms with Crippen LogP contribution in [0.2, 0.25) is 0 Å². The number of fused-ring (bicyclic) bond motifs is 3. The van der Waals surface area contributed by atoms with Crippen molar-refractivity contribution in [3.05, 3.63) is 42.1 Å². The van der Waals surface area contributed by atoms with Crippen molar-refractivity contribution < 1.29 is 9.53 Å². The molecule has 17 heavy (non-hydrogen) atoms. The van der Waals surface area contributed by atoms with Crippen LogP contribution in [0.3, 0.4) is 0 Å². The van der Waals surface area contributed by atoms with Gasteiger partial charge in [0.05, 0.1) is 13.7 Å². The highest BCUT2D eigenvalue weighted by Gasteiger charge is 2.27. The molecule has 2 N–H and O–H groups in total. The summed E-state index contributed by atoms with van der Waals surface area (Å²) < 4.78 is 4.76. The first-order chi connectivity index (χ1) is 8.29. The monoisotopic (exact) mass is 229 g/mol. The first-order valence-electron chi connectivity index (χ1n) is 5.56. The van der Waals surface area contributed by atoms with E-state index in [1.54, 1.807) is 0 Å². The summed E-state index contributed by atoms with van der Waals surface area (Å²) in [5.74, 6) is -0.225. The number of hydrogen-bond acceptors (Lipinski definition) is 3. The number of hydrogen-bond donors (Lipinski definition) is 2. The molecule has 87 valence electrons. The molecule has 2 aromatic rings. The molecule has 1 aliphatic rings. The molecule has 0 bridgehead atoms. The fourth-order valence-corrected chi connectivity index (χ4v) is 2.30. The Kier molecular flexibility index (Phi) is 2.37. The van der Waals surface area contributed by atoms with Gasteiger partial charge in [-0.2, -0.15) is 0 Å². The molecule has 1 unspecified atom stereocenters. The number of benzene rings is 1. The van der Waals surface area contributed by atoms with Crippen LogP contribution in [0.25, 0.3) is 10.9 Å². The SMILES string of the molecule is COC(=O)C1Cc2c([nH]c3ccccc23)[CH]N1. The van der Waals surface area contributed by atoms with Crippen molar-refractivity contribution in [2.45, 2.75) is 12.5 Å². The minimum Gasteiger partial charge on any atom is -0.468 e. The molecule has 0 amide bonds. The Morgan fingerprint density at radius 2 is 2.24 bits per heavy atom. The van der Waals surface area contributed by atoms with Crippen molar-refractivity contribution in [1.82, 2.24) is 10.3 Å². The highest BCUT2D eigenvalue weighted by atomic mass is 16.5. The fraction of sp³-hybridized carbons (Fsp3) is 0.231. The van der Waals surface area contributed by atoms with Crippen LogP contribution in [0.15, 0.2) is 24.3 Å². The molecule has 3 rings (SSSR count). The van der Waals surface area contributed by atoms with E-state index < -0.39 is 0 Å². The van der Waals surface area contributed by atoms with Crippen LogP contribution in [-0.2, 0) is 16.0 Å². The summed E-state index contributed by atoms with van der Waals surface area (Å²) in [6.45, 7) is 1.85. The number of para-hydroxylation sites is 1. The van der Waals surface area contributed by atoms with Crippen molar-refractivity contribution in [2.75, 3.05) is 7.11 Å². The standard InChI is InChI=1S/C13H13N2O2/c1-17-13(16)11-6-9-8-4-2-3-5-10(8)15-12(9)7-14-11/h2-5,7,11,14-15H,6H2,1H3. The minimum atomic E-state index is -0.285. The van der Waals surface area contributed by atoms with Gasteiger partial charge in [0.15, 0.2) is 0 Å². The van der Waals surface area contributed by atoms with Gasteiger partial charge in [0.1, 0.15) is 6.04 Å². The average molecular weight is 229 g/mol. The van der Waals surface area contributed by atoms with Gasteiger partial charge in [0, 0.05) is 23.0 Å². The number of aromatic nitrogens is 1. The molecule has 1 aliphatic heterocycles. The Labute approximate surface area is 99.0 Å². The molecule has 1 aromatic heterocycles. The molecule has 4 heteroatoms. The molecule has 2 heterocycles. The number of aromatic amines is 1. The maximum absolute atomic E-state index is 11.5. The van der Waals surface area contributed by atoms with Crippen molar-refractivity contribution in [2.24, 2.45) is 0 Å². The van der Waals surface area contributed by atoms with E-state index in [0.717, 1.165) is 11.2 Å². The third-order valence-electron chi connectivity index (χ3n) is 3.17. The number of ether oxygens (including phenoxy) is 1. The van der Waals surface area contributed by atoms with Crippen LogP contribution < -0.4 is 5.32 Å². The number of carbonyl (C=O) groups is 1. The van der Waals surface area contributed by atoms with Crippen molar-refractivity contribution in [1.29, 1.82) is 0 Å². The van der Waals surface area contributed by atoms with E-state index in [-0.39, 0.29) is 12.0 Å². The summed E-state index contributed by atoms with van der Waals surface area (Å²) in [5, 5.41) is 4.23. The normalized spacial score (nSPS) is 19.0. The average Bonchev–Trinajstić information content (AvgIpc) is 2.75. The van der Waals surface area contributed by atoms with Gasteiger partial charge < -0.3 is 9.72 Å². The molecule has 1 aromatic carbocycles. The van der Waals surface area contributed by atoms with Gasteiger partial charge in [0.25, 0.3) is 0 Å². The highest BCUT2D eigenvalue weighted by Crippen LogP contribution is 2.27. The van der Waals surface area contributed by atoms with Gasteiger partial charge in [-0.1, -0.05) is 18.2 Å². The lowest BCUT2D eigenvalue weighted by molar-refractivity contribution is -0.143. The first kappa shape index (κ1) is 10.4. The van der Waals surface area contributed by atoms with Gasteiger partial charge in [-0.25, -0.2) is 0 Å². The lowest BCUT2D eigenvalue weighted by Crippen LogP contribution is -2.41. The van der Waals surface area contributed by atoms with Crippen molar-refractivity contribution >= 4 is 16.9 Å². The van der Waals surface area contributed by atoms with Gasteiger partial charge >= 0.3 is 5.97 Å². The number of carbonyl (C=O) groups excluding carboxylic acids is 1. The Hall–Kier alpha value is -1.81. The lowest BCUT2D eigenvalue weighted by Gasteiger charge is -2.21. The summed E-state index contributed by atoms with van der Waals surface area (Å²) in [7, 11) is 1.41. The summed E-state index contributed by atoms with van der Waals surface area (Å²) in [5.41, 5.74) is 3.32. The third kappa shape index (κ3) is 1.61. The molecule has 1 radical (unpaired) electrons. The molecule has 1 atom stereocenters. The van der Waals surface area contributed by atoms with Crippen LogP contribution >= 0.6 is 0 Å². The van der Waals surface area contributed by atoms with E-state index >= 15 is 0 Å². The second-order valence-corrected chi connectivity index (χ2v) is 4.15. The predicted molar refractivity (Wildman–Crippen MR) is 64.3 cm³/mol. The second kappa shape index (κ2) is 3.89. The van der Waals surface area contributed by atoms with Gasteiger partial charge in [-0.15, -0.1) is 0 Å². The van der Waals surface area contributed by atoms with E-state index in [4.69, 9.17) is 4.74 Å². The van der Waals surface area contributed by atoms with Crippen LogP contribution in [0.4, 0.5) is 0 Å². The van der Waals surface area contributed by atoms with E-state index in [2.05, 4.69) is 16.4 Å². The summed E-state index contributed by atoms with van der Waals surface area (Å²) in [6, 6.07) is 7.82. The van der Waals surface area contributed by atoms with E-state index in [0.29, 0.717) is 6.42 Å². The summed E-state index contributed by atoms with van der Waals surface area (Å²) in [4.78, 5) is 14.8. The molecular weight excluding hydrogens is 216 g/mol. The van der Waals surface area contributed by atoms with Crippen molar-refractivity contribution in [3.63, 3.8) is 0 Å². The van der Waals surface area contributed by atoms with Gasteiger partial charge in [0.2, 0.25) is 0 Å². The predicted octanol–water partition coefficient (Wildman–Crippen LogP) is 1.37. The molecule has 0 saturated heterocycles. The van der Waals surface area contributed by atoms with Gasteiger partial charge in [-0.05, 0) is 11.6 Å².